The quantitative estimate of drug-likeness (QED) is 0.806. The number of rotatable bonds is 2. The monoisotopic (exact) mass is 282 g/mol. The highest BCUT2D eigenvalue weighted by Crippen LogP contribution is 2.33. The van der Waals surface area contributed by atoms with Crippen molar-refractivity contribution in [2.75, 3.05) is 13.7 Å². The van der Waals surface area contributed by atoms with E-state index in [0.717, 1.165) is 5.56 Å². The Hall–Kier alpha value is -1.02. The van der Waals surface area contributed by atoms with Gasteiger partial charge >= 0.3 is 0 Å². The number of aliphatic hydroxyl groups excluding tert-OH is 2. The summed E-state index contributed by atoms with van der Waals surface area (Å²) in [6.07, 6.45) is -4.76. The van der Waals surface area contributed by atoms with Crippen LogP contribution >= 0.6 is 0 Å². The molecule has 2 fully saturated rings. The predicted molar refractivity (Wildman–Crippen MR) is 67.7 cm³/mol. The molecule has 0 amide bonds. The van der Waals surface area contributed by atoms with Gasteiger partial charge in [0.2, 0.25) is 0 Å². The zero-order chi connectivity index (χ0) is 14.1. The van der Waals surface area contributed by atoms with E-state index in [1.165, 1.54) is 7.11 Å². The molecule has 3 rings (SSSR count). The Kier molecular flexibility index (Phi) is 4.02. The van der Waals surface area contributed by atoms with E-state index in [1.54, 1.807) is 0 Å². The fraction of sp³-hybridized carbons (Fsp3) is 0.571. The number of aliphatic hydroxyl groups is 2. The number of benzene rings is 1. The maximum atomic E-state index is 10.1. The summed E-state index contributed by atoms with van der Waals surface area (Å²) < 4.78 is 21.9. The fourth-order valence-electron chi connectivity index (χ4n) is 2.55. The van der Waals surface area contributed by atoms with Crippen LogP contribution in [0.25, 0.3) is 0 Å². The first-order chi connectivity index (χ1) is 9.70. The van der Waals surface area contributed by atoms with Crippen LogP contribution in [0.1, 0.15) is 11.9 Å². The molecule has 1 aromatic rings. The molecule has 2 N–H and O–H groups in total. The predicted octanol–water partition coefficient (Wildman–Crippen LogP) is 0.194. The molecule has 2 aliphatic rings. The van der Waals surface area contributed by atoms with Gasteiger partial charge in [0.15, 0.2) is 12.6 Å². The molecule has 6 heteroatoms. The smallest absolute Gasteiger partial charge is 0.186 e. The average Bonchev–Trinajstić information content (AvgIpc) is 2.51. The Bertz CT molecular complexity index is 437. The molecule has 0 aliphatic carbocycles. The molecule has 0 unspecified atom stereocenters. The number of hydrogen-bond acceptors (Lipinski definition) is 6. The van der Waals surface area contributed by atoms with Crippen LogP contribution in [0, 0.1) is 0 Å². The summed E-state index contributed by atoms with van der Waals surface area (Å²) in [5, 5.41) is 20.1. The van der Waals surface area contributed by atoms with Crippen molar-refractivity contribution < 1.29 is 29.2 Å². The van der Waals surface area contributed by atoms with Gasteiger partial charge in [0.25, 0.3) is 0 Å². The van der Waals surface area contributed by atoms with Crippen molar-refractivity contribution in [2.45, 2.75) is 37.0 Å². The van der Waals surface area contributed by atoms with E-state index in [1.807, 2.05) is 30.3 Å². The second kappa shape index (κ2) is 5.77. The molecule has 2 saturated heterocycles. The first kappa shape index (κ1) is 13.9. The van der Waals surface area contributed by atoms with E-state index in [9.17, 15) is 10.2 Å². The van der Waals surface area contributed by atoms with Gasteiger partial charge in [-0.15, -0.1) is 0 Å². The number of hydrogen-bond donors (Lipinski definition) is 2. The van der Waals surface area contributed by atoms with E-state index < -0.39 is 37.0 Å². The van der Waals surface area contributed by atoms with Gasteiger partial charge in [0.05, 0.1) is 6.61 Å². The Morgan fingerprint density at radius 3 is 2.55 bits per heavy atom. The number of fused-ring (bicyclic) bond motifs is 1. The minimum atomic E-state index is -1.14. The van der Waals surface area contributed by atoms with Crippen LogP contribution in [-0.4, -0.2) is 54.6 Å². The van der Waals surface area contributed by atoms with E-state index in [4.69, 9.17) is 18.9 Å². The Morgan fingerprint density at radius 2 is 1.85 bits per heavy atom. The SMILES string of the molecule is CO[C@@H]1O[C@@H]2CO[C@H](c3ccccc3)O[C@@H]2[C@H](O)[C@@H]1O. The van der Waals surface area contributed by atoms with E-state index in [2.05, 4.69) is 0 Å². The highest BCUT2D eigenvalue weighted by molar-refractivity contribution is 5.16. The van der Waals surface area contributed by atoms with Crippen molar-refractivity contribution in [3.8, 4) is 0 Å². The van der Waals surface area contributed by atoms with Crippen LogP contribution in [0.4, 0.5) is 0 Å². The van der Waals surface area contributed by atoms with Gasteiger partial charge in [-0.25, -0.2) is 0 Å². The average molecular weight is 282 g/mol. The summed E-state index contributed by atoms with van der Waals surface area (Å²) in [6.45, 7) is 0.272. The van der Waals surface area contributed by atoms with Crippen LogP contribution in [0.15, 0.2) is 30.3 Å². The molecule has 0 spiro atoms. The molecular formula is C14H18O6. The second-order valence-electron chi connectivity index (χ2n) is 4.94. The van der Waals surface area contributed by atoms with Crippen LogP contribution in [0.3, 0.4) is 0 Å². The molecule has 1 aromatic carbocycles. The maximum Gasteiger partial charge on any atom is 0.186 e. The molecule has 0 radical (unpaired) electrons. The van der Waals surface area contributed by atoms with Crippen LogP contribution in [0.2, 0.25) is 0 Å². The van der Waals surface area contributed by atoms with E-state index in [-0.39, 0.29) is 6.61 Å². The minimum Gasteiger partial charge on any atom is -0.387 e. The van der Waals surface area contributed by atoms with Crippen LogP contribution in [0.5, 0.6) is 0 Å². The van der Waals surface area contributed by atoms with Gasteiger partial charge in [-0.05, 0) is 0 Å². The first-order valence-electron chi connectivity index (χ1n) is 6.57. The normalized spacial score (nSPS) is 41.1. The van der Waals surface area contributed by atoms with E-state index >= 15 is 0 Å². The lowest BCUT2D eigenvalue weighted by Crippen LogP contribution is -2.62. The molecular weight excluding hydrogens is 264 g/mol. The minimum absolute atomic E-state index is 0.272. The molecule has 2 heterocycles. The molecule has 6 nitrogen and oxygen atoms in total. The molecule has 2 aliphatic heterocycles. The molecule has 0 aromatic heterocycles. The highest BCUT2D eigenvalue weighted by atomic mass is 16.7. The third-order valence-corrected chi connectivity index (χ3v) is 3.64. The van der Waals surface area contributed by atoms with Gasteiger partial charge < -0.3 is 29.2 Å². The van der Waals surface area contributed by atoms with Crippen molar-refractivity contribution in [2.24, 2.45) is 0 Å². The maximum absolute atomic E-state index is 10.1. The number of methoxy groups -OCH3 is 1. The van der Waals surface area contributed by atoms with Gasteiger partial charge in [-0.2, -0.15) is 0 Å². The Balaban J connectivity index is 1.74. The molecule has 0 saturated carbocycles. The highest BCUT2D eigenvalue weighted by Gasteiger charge is 2.48. The first-order valence-corrected chi connectivity index (χ1v) is 6.57. The van der Waals surface area contributed by atoms with Gasteiger partial charge in [0.1, 0.15) is 24.4 Å². The van der Waals surface area contributed by atoms with Gasteiger partial charge in [-0.1, -0.05) is 30.3 Å². The summed E-state index contributed by atoms with van der Waals surface area (Å²) in [6, 6.07) is 9.45. The summed E-state index contributed by atoms with van der Waals surface area (Å²) in [7, 11) is 1.41. The Labute approximate surface area is 116 Å². The van der Waals surface area contributed by atoms with Crippen LogP contribution in [-0.2, 0) is 18.9 Å². The third kappa shape index (κ3) is 2.46. The topological polar surface area (TPSA) is 77.4 Å². The molecule has 110 valence electrons. The third-order valence-electron chi connectivity index (χ3n) is 3.64. The van der Waals surface area contributed by atoms with Crippen molar-refractivity contribution in [1.82, 2.24) is 0 Å². The summed E-state index contributed by atoms with van der Waals surface area (Å²) in [5.74, 6) is 0. The lowest BCUT2D eigenvalue weighted by molar-refractivity contribution is -0.358. The second-order valence-corrected chi connectivity index (χ2v) is 4.94. The summed E-state index contributed by atoms with van der Waals surface area (Å²) in [4.78, 5) is 0. The van der Waals surface area contributed by atoms with Gasteiger partial charge in [0, 0.05) is 12.7 Å². The fourth-order valence-corrected chi connectivity index (χ4v) is 2.55. The van der Waals surface area contributed by atoms with Crippen LogP contribution < -0.4 is 0 Å². The lowest BCUT2D eigenvalue weighted by atomic mass is 9.98. The zero-order valence-corrected chi connectivity index (χ0v) is 11.1. The summed E-state index contributed by atoms with van der Waals surface area (Å²) >= 11 is 0. The zero-order valence-electron chi connectivity index (χ0n) is 11.1. The van der Waals surface area contributed by atoms with Crippen molar-refractivity contribution >= 4 is 0 Å². The molecule has 20 heavy (non-hydrogen) atoms. The van der Waals surface area contributed by atoms with Crippen molar-refractivity contribution in [1.29, 1.82) is 0 Å². The van der Waals surface area contributed by atoms with Crippen molar-refractivity contribution in [3.63, 3.8) is 0 Å². The van der Waals surface area contributed by atoms with E-state index in [0.29, 0.717) is 0 Å². The number of ether oxygens (including phenoxy) is 4. The largest absolute Gasteiger partial charge is 0.387 e. The summed E-state index contributed by atoms with van der Waals surface area (Å²) in [5.41, 5.74) is 0.863. The molecule has 6 atom stereocenters. The Morgan fingerprint density at radius 1 is 1.10 bits per heavy atom. The standard InChI is InChI=1S/C14H18O6/c1-17-14-11(16)10(15)12-9(19-14)7-18-13(20-12)8-5-3-2-4-6-8/h2-6,9-16H,7H2,1H3/t9-,10-,11+,12+,13+,14-/m1/s1. The molecule has 0 bridgehead atoms. The van der Waals surface area contributed by atoms with Gasteiger partial charge in [-0.3, -0.25) is 0 Å². The van der Waals surface area contributed by atoms with Crippen molar-refractivity contribution in [3.05, 3.63) is 35.9 Å². The lowest BCUT2D eigenvalue weighted by Gasteiger charge is -2.45.